The van der Waals surface area contributed by atoms with E-state index in [0.29, 0.717) is 6.42 Å². The summed E-state index contributed by atoms with van der Waals surface area (Å²) in [5, 5.41) is 5.68. The molecule has 0 unspecified atom stereocenters. The molecule has 1 fully saturated rings. The predicted molar refractivity (Wildman–Crippen MR) is 90.0 cm³/mol. The number of halogens is 3. The quantitative estimate of drug-likeness (QED) is 0.793. The molecule has 1 aliphatic carbocycles. The largest absolute Gasteiger partial charge is 0.367 e. The smallest absolute Gasteiger partial charge is 0.256 e. The minimum Gasteiger partial charge on any atom is -0.367 e. The zero-order chi connectivity index (χ0) is 18.7. The molecule has 1 heterocycles. The SMILES string of the molecule is C#C[C@](C)(CC)NC(=O)c1cc(F)cnc1NC1CCC(F)(F)CC1. The van der Waals surface area contributed by atoms with Crippen LogP contribution in [-0.2, 0) is 0 Å². The monoisotopic (exact) mass is 353 g/mol. The molecule has 0 radical (unpaired) electrons. The Morgan fingerprint density at radius 2 is 2.12 bits per heavy atom. The number of carbonyl (C=O) groups is 1. The summed E-state index contributed by atoms with van der Waals surface area (Å²) in [6.07, 6.45) is 6.99. The van der Waals surface area contributed by atoms with Crippen molar-refractivity contribution in [1.29, 1.82) is 0 Å². The number of hydrogen-bond acceptors (Lipinski definition) is 3. The van der Waals surface area contributed by atoms with Crippen molar-refractivity contribution in [3.63, 3.8) is 0 Å². The maximum atomic E-state index is 13.6. The Kier molecular flexibility index (Phi) is 5.61. The molecule has 136 valence electrons. The van der Waals surface area contributed by atoms with E-state index in [4.69, 9.17) is 6.42 Å². The van der Waals surface area contributed by atoms with Crippen molar-refractivity contribution in [3.05, 3.63) is 23.6 Å². The van der Waals surface area contributed by atoms with E-state index in [2.05, 4.69) is 21.5 Å². The van der Waals surface area contributed by atoms with Gasteiger partial charge in [-0.2, -0.15) is 0 Å². The van der Waals surface area contributed by atoms with Crippen molar-refractivity contribution in [3.8, 4) is 12.3 Å². The fourth-order valence-corrected chi connectivity index (χ4v) is 2.65. The van der Waals surface area contributed by atoms with Gasteiger partial charge in [0.25, 0.3) is 5.91 Å². The van der Waals surface area contributed by atoms with Gasteiger partial charge in [0.15, 0.2) is 0 Å². The normalized spacial score (nSPS) is 19.5. The van der Waals surface area contributed by atoms with Crippen LogP contribution in [0.3, 0.4) is 0 Å². The first-order valence-electron chi connectivity index (χ1n) is 8.28. The summed E-state index contributed by atoms with van der Waals surface area (Å²) >= 11 is 0. The standard InChI is InChI=1S/C18H22F3N3O/c1-4-17(3,5-2)24-16(25)14-10-12(19)11-22-15(14)23-13-6-8-18(20,21)9-7-13/h1,10-11,13H,5-9H2,2-3H3,(H,22,23)(H,24,25)/t17-/m1/s1. The van der Waals surface area contributed by atoms with Crippen molar-refractivity contribution in [2.24, 2.45) is 0 Å². The third-order valence-corrected chi connectivity index (χ3v) is 4.57. The van der Waals surface area contributed by atoms with Crippen LogP contribution in [0.5, 0.6) is 0 Å². The lowest BCUT2D eigenvalue weighted by atomic mass is 9.92. The Hall–Kier alpha value is -2.23. The molecule has 0 saturated heterocycles. The summed E-state index contributed by atoms with van der Waals surface area (Å²) in [7, 11) is 0. The highest BCUT2D eigenvalue weighted by molar-refractivity contribution is 5.99. The van der Waals surface area contributed by atoms with E-state index < -0.39 is 23.2 Å². The van der Waals surface area contributed by atoms with Gasteiger partial charge in [0.2, 0.25) is 5.92 Å². The minimum absolute atomic E-state index is 0.00672. The fraction of sp³-hybridized carbons (Fsp3) is 0.556. The van der Waals surface area contributed by atoms with E-state index >= 15 is 0 Å². The first-order chi connectivity index (χ1) is 11.7. The van der Waals surface area contributed by atoms with Crippen LogP contribution < -0.4 is 10.6 Å². The maximum Gasteiger partial charge on any atom is 0.256 e. The average Bonchev–Trinajstić information content (AvgIpc) is 2.58. The predicted octanol–water partition coefficient (Wildman–Crippen LogP) is 3.74. The second kappa shape index (κ2) is 7.34. The van der Waals surface area contributed by atoms with Gasteiger partial charge >= 0.3 is 0 Å². The van der Waals surface area contributed by atoms with E-state index in [-0.39, 0.29) is 43.1 Å². The summed E-state index contributed by atoms with van der Waals surface area (Å²) in [4.78, 5) is 16.4. The highest BCUT2D eigenvalue weighted by atomic mass is 19.3. The molecule has 2 N–H and O–H groups in total. The topological polar surface area (TPSA) is 54.0 Å². The van der Waals surface area contributed by atoms with E-state index in [1.165, 1.54) is 0 Å². The lowest BCUT2D eigenvalue weighted by Crippen LogP contribution is -2.44. The number of aromatic nitrogens is 1. The molecule has 0 aromatic carbocycles. The number of carbonyl (C=O) groups excluding carboxylic acids is 1. The van der Waals surface area contributed by atoms with E-state index in [0.717, 1.165) is 12.3 Å². The molecule has 1 aromatic rings. The van der Waals surface area contributed by atoms with Crippen molar-refractivity contribution >= 4 is 11.7 Å². The van der Waals surface area contributed by atoms with E-state index in [1.54, 1.807) is 6.92 Å². The van der Waals surface area contributed by atoms with Gasteiger partial charge in [-0.05, 0) is 32.3 Å². The zero-order valence-corrected chi connectivity index (χ0v) is 14.3. The molecule has 1 aromatic heterocycles. The number of pyridine rings is 1. The molecule has 1 amide bonds. The van der Waals surface area contributed by atoms with Crippen LogP contribution in [0, 0.1) is 18.2 Å². The second-order valence-corrected chi connectivity index (χ2v) is 6.61. The molecule has 0 bridgehead atoms. The van der Waals surface area contributed by atoms with Crippen LogP contribution in [0.1, 0.15) is 56.3 Å². The second-order valence-electron chi connectivity index (χ2n) is 6.61. The van der Waals surface area contributed by atoms with Gasteiger partial charge in [0, 0.05) is 18.9 Å². The maximum absolute atomic E-state index is 13.6. The Bertz CT molecular complexity index is 677. The summed E-state index contributed by atoms with van der Waals surface area (Å²) in [5.41, 5.74) is -0.861. The molecular formula is C18H22F3N3O. The molecular weight excluding hydrogens is 331 g/mol. The van der Waals surface area contributed by atoms with Crippen LogP contribution in [0.4, 0.5) is 19.0 Å². The summed E-state index contributed by atoms with van der Waals surface area (Å²) in [6, 6.07) is 0.823. The van der Waals surface area contributed by atoms with Crippen molar-refractivity contribution in [2.45, 2.75) is 63.5 Å². The number of nitrogens with zero attached hydrogens (tertiary/aromatic N) is 1. The molecule has 1 atom stereocenters. The van der Waals surface area contributed by atoms with Gasteiger partial charge in [0.1, 0.15) is 11.6 Å². The van der Waals surface area contributed by atoms with Gasteiger partial charge < -0.3 is 10.6 Å². The summed E-state index contributed by atoms with van der Waals surface area (Å²) in [6.45, 7) is 3.51. The number of terminal acetylenes is 1. The molecule has 1 aliphatic rings. The van der Waals surface area contributed by atoms with E-state index in [1.807, 2.05) is 6.92 Å². The third-order valence-electron chi connectivity index (χ3n) is 4.57. The van der Waals surface area contributed by atoms with Crippen LogP contribution in [-0.4, -0.2) is 28.4 Å². The van der Waals surface area contributed by atoms with Crippen LogP contribution in [0.25, 0.3) is 0 Å². The van der Waals surface area contributed by atoms with Gasteiger partial charge in [-0.25, -0.2) is 18.2 Å². The molecule has 4 nitrogen and oxygen atoms in total. The van der Waals surface area contributed by atoms with Crippen LogP contribution in [0.2, 0.25) is 0 Å². The molecule has 0 spiro atoms. The molecule has 25 heavy (non-hydrogen) atoms. The number of hydrogen-bond donors (Lipinski definition) is 2. The Morgan fingerprint density at radius 3 is 2.68 bits per heavy atom. The number of anilines is 1. The Balaban J connectivity index is 2.17. The molecule has 0 aliphatic heterocycles. The third kappa shape index (κ3) is 4.88. The fourth-order valence-electron chi connectivity index (χ4n) is 2.65. The zero-order valence-electron chi connectivity index (χ0n) is 14.3. The van der Waals surface area contributed by atoms with Crippen LogP contribution in [0.15, 0.2) is 12.3 Å². The lowest BCUT2D eigenvalue weighted by Gasteiger charge is -2.30. The lowest BCUT2D eigenvalue weighted by molar-refractivity contribution is -0.0361. The highest BCUT2D eigenvalue weighted by Gasteiger charge is 2.35. The number of rotatable bonds is 5. The van der Waals surface area contributed by atoms with E-state index in [9.17, 15) is 18.0 Å². The van der Waals surface area contributed by atoms with Crippen LogP contribution >= 0.6 is 0 Å². The Morgan fingerprint density at radius 1 is 1.48 bits per heavy atom. The Labute approximate surface area is 145 Å². The minimum atomic E-state index is -2.65. The van der Waals surface area contributed by atoms with Crippen molar-refractivity contribution in [2.75, 3.05) is 5.32 Å². The number of nitrogens with one attached hydrogen (secondary N) is 2. The first kappa shape index (κ1) is 19.1. The number of alkyl halides is 2. The van der Waals surface area contributed by atoms with Gasteiger partial charge in [0.05, 0.1) is 17.3 Å². The van der Waals surface area contributed by atoms with Gasteiger partial charge in [-0.3, -0.25) is 4.79 Å². The summed E-state index contributed by atoms with van der Waals surface area (Å²) < 4.78 is 40.1. The van der Waals surface area contributed by atoms with Gasteiger partial charge in [-0.1, -0.05) is 12.8 Å². The molecule has 1 saturated carbocycles. The summed E-state index contributed by atoms with van der Waals surface area (Å²) in [5.74, 6) is -1.19. The van der Waals surface area contributed by atoms with Crippen molar-refractivity contribution in [1.82, 2.24) is 10.3 Å². The molecule has 2 rings (SSSR count). The van der Waals surface area contributed by atoms with Crippen molar-refractivity contribution < 1.29 is 18.0 Å². The highest BCUT2D eigenvalue weighted by Crippen LogP contribution is 2.34. The molecule has 7 heteroatoms. The van der Waals surface area contributed by atoms with Gasteiger partial charge in [-0.15, -0.1) is 6.42 Å². The number of amides is 1. The average molecular weight is 353 g/mol. The first-order valence-corrected chi connectivity index (χ1v) is 8.28.